The summed E-state index contributed by atoms with van der Waals surface area (Å²) in [6.07, 6.45) is 1.59. The molecule has 7 heteroatoms. The van der Waals surface area contributed by atoms with Crippen LogP contribution in [-0.4, -0.2) is 46.8 Å². The van der Waals surface area contributed by atoms with Crippen molar-refractivity contribution in [2.24, 2.45) is 0 Å². The van der Waals surface area contributed by atoms with Crippen molar-refractivity contribution in [1.29, 1.82) is 0 Å². The van der Waals surface area contributed by atoms with E-state index in [0.29, 0.717) is 25.4 Å². The first-order chi connectivity index (χ1) is 10.8. The molecule has 1 amide bonds. The Morgan fingerprint density at radius 1 is 1.43 bits per heavy atom. The third kappa shape index (κ3) is 4.99. The fraction of sp³-hybridized carbons (Fsp3) is 0.625. The van der Waals surface area contributed by atoms with E-state index in [9.17, 15) is 9.59 Å². The molecule has 1 aliphatic heterocycles. The van der Waals surface area contributed by atoms with Crippen LogP contribution >= 0.6 is 0 Å². The molecule has 1 atom stereocenters. The molecule has 1 aliphatic rings. The third-order valence-corrected chi connectivity index (χ3v) is 3.56. The van der Waals surface area contributed by atoms with Crippen molar-refractivity contribution < 1.29 is 23.8 Å². The average molecular weight is 324 g/mol. The maximum atomic E-state index is 12.2. The summed E-state index contributed by atoms with van der Waals surface area (Å²) in [5.41, 5.74) is -0.501. The lowest BCUT2D eigenvalue weighted by Crippen LogP contribution is -2.43. The lowest BCUT2D eigenvalue weighted by molar-refractivity contribution is 0.0226. The highest BCUT2D eigenvalue weighted by Crippen LogP contribution is 2.20. The van der Waals surface area contributed by atoms with E-state index in [4.69, 9.17) is 14.3 Å². The van der Waals surface area contributed by atoms with Crippen molar-refractivity contribution in [2.45, 2.75) is 51.8 Å². The zero-order chi connectivity index (χ0) is 17.0. The van der Waals surface area contributed by atoms with Gasteiger partial charge in [0.25, 0.3) is 0 Å². The first-order valence-electron chi connectivity index (χ1n) is 7.78. The summed E-state index contributed by atoms with van der Waals surface area (Å²) >= 11 is 0. The van der Waals surface area contributed by atoms with Gasteiger partial charge in [0.15, 0.2) is 0 Å². The highest BCUT2D eigenvalue weighted by molar-refractivity contribution is 5.84. The molecule has 0 spiro atoms. The van der Waals surface area contributed by atoms with Crippen molar-refractivity contribution in [2.75, 3.05) is 13.1 Å². The van der Waals surface area contributed by atoms with Crippen LogP contribution in [0, 0.1) is 0 Å². The van der Waals surface area contributed by atoms with Crippen LogP contribution in [0.5, 0.6) is 0 Å². The van der Waals surface area contributed by atoms with E-state index in [0.717, 1.165) is 12.8 Å². The summed E-state index contributed by atoms with van der Waals surface area (Å²) in [6, 6.07) is 3.15. The number of likely N-dealkylation sites (tertiary alicyclic amines) is 1. The van der Waals surface area contributed by atoms with E-state index in [2.05, 4.69) is 5.32 Å². The minimum Gasteiger partial charge on any atom is -0.475 e. The fourth-order valence-corrected chi connectivity index (χ4v) is 2.56. The average Bonchev–Trinajstić information content (AvgIpc) is 3.05. The molecule has 0 radical (unpaired) electrons. The maximum absolute atomic E-state index is 12.2. The van der Waals surface area contributed by atoms with Gasteiger partial charge in [0.1, 0.15) is 11.4 Å². The second-order valence-corrected chi connectivity index (χ2v) is 6.67. The number of hydrogen-bond acceptors (Lipinski definition) is 5. The Bertz CT molecular complexity index is 561. The summed E-state index contributed by atoms with van der Waals surface area (Å²) in [5, 5.41) is 12.0. The van der Waals surface area contributed by atoms with E-state index in [1.165, 1.54) is 6.07 Å². The Morgan fingerprint density at radius 2 is 2.17 bits per heavy atom. The van der Waals surface area contributed by atoms with Crippen molar-refractivity contribution in [3.63, 3.8) is 0 Å². The van der Waals surface area contributed by atoms with Gasteiger partial charge in [0.2, 0.25) is 5.76 Å². The van der Waals surface area contributed by atoms with E-state index in [1.54, 1.807) is 11.0 Å². The highest BCUT2D eigenvalue weighted by atomic mass is 16.6. The molecule has 1 aromatic rings. The third-order valence-electron chi connectivity index (χ3n) is 3.56. The van der Waals surface area contributed by atoms with Crippen LogP contribution in [-0.2, 0) is 11.3 Å². The van der Waals surface area contributed by atoms with Gasteiger partial charge >= 0.3 is 12.1 Å². The van der Waals surface area contributed by atoms with Crippen LogP contribution < -0.4 is 5.32 Å². The van der Waals surface area contributed by atoms with Crippen LogP contribution in [0.25, 0.3) is 0 Å². The van der Waals surface area contributed by atoms with Gasteiger partial charge in [0.05, 0.1) is 6.54 Å². The topological polar surface area (TPSA) is 92.0 Å². The molecule has 0 bridgehead atoms. The number of carbonyl (C=O) groups excluding carboxylic acids is 1. The quantitative estimate of drug-likeness (QED) is 0.864. The largest absolute Gasteiger partial charge is 0.475 e. The number of rotatable bonds is 5. The smallest absolute Gasteiger partial charge is 0.410 e. The normalized spacial score (nSPS) is 18.2. The summed E-state index contributed by atoms with van der Waals surface area (Å²) in [7, 11) is 0. The van der Waals surface area contributed by atoms with Gasteiger partial charge in [-0.25, -0.2) is 9.59 Å². The second-order valence-electron chi connectivity index (χ2n) is 6.67. The van der Waals surface area contributed by atoms with Gasteiger partial charge in [-0.15, -0.1) is 0 Å². The molecule has 128 valence electrons. The summed E-state index contributed by atoms with van der Waals surface area (Å²) in [5.74, 6) is -0.592. The summed E-state index contributed by atoms with van der Waals surface area (Å²) in [6.45, 7) is 7.29. The minimum atomic E-state index is -1.08. The number of furan rings is 1. The van der Waals surface area contributed by atoms with E-state index in [1.807, 2.05) is 20.8 Å². The van der Waals surface area contributed by atoms with Gasteiger partial charge < -0.3 is 24.5 Å². The van der Waals surface area contributed by atoms with E-state index in [-0.39, 0.29) is 17.9 Å². The first-order valence-corrected chi connectivity index (χ1v) is 7.78. The molecule has 2 rings (SSSR count). The van der Waals surface area contributed by atoms with Crippen molar-refractivity contribution in [1.82, 2.24) is 10.2 Å². The van der Waals surface area contributed by atoms with Gasteiger partial charge in [-0.05, 0) is 45.7 Å². The molecule has 2 heterocycles. The Labute approximate surface area is 135 Å². The second kappa shape index (κ2) is 7.04. The van der Waals surface area contributed by atoms with Gasteiger partial charge in [-0.2, -0.15) is 0 Å². The molecule has 1 unspecified atom stereocenters. The number of carbonyl (C=O) groups is 2. The van der Waals surface area contributed by atoms with Crippen LogP contribution in [0.1, 0.15) is 49.9 Å². The molecular formula is C16H24N2O5. The van der Waals surface area contributed by atoms with Crippen LogP contribution in [0.3, 0.4) is 0 Å². The molecule has 0 aliphatic carbocycles. The van der Waals surface area contributed by atoms with E-state index < -0.39 is 11.6 Å². The predicted octanol–water partition coefficient (Wildman–Crippen LogP) is 2.47. The molecule has 0 saturated carbocycles. The molecule has 1 aromatic heterocycles. The number of ether oxygens (including phenoxy) is 1. The number of carboxylic acid groups (broad SMARTS) is 1. The SMILES string of the molecule is CC(C)(C)OC(=O)N1CCCC1CNCc1ccc(C(=O)O)o1. The lowest BCUT2D eigenvalue weighted by atomic mass is 10.2. The minimum absolute atomic E-state index is 0.0713. The first kappa shape index (κ1) is 17.3. The molecule has 1 fully saturated rings. The molecule has 7 nitrogen and oxygen atoms in total. The number of aromatic carboxylic acids is 1. The lowest BCUT2D eigenvalue weighted by Gasteiger charge is -2.28. The maximum Gasteiger partial charge on any atom is 0.410 e. The molecule has 23 heavy (non-hydrogen) atoms. The fourth-order valence-electron chi connectivity index (χ4n) is 2.56. The van der Waals surface area contributed by atoms with Crippen LogP contribution in [0.4, 0.5) is 4.79 Å². The summed E-state index contributed by atoms with van der Waals surface area (Å²) in [4.78, 5) is 24.7. The molecule has 1 saturated heterocycles. The number of amides is 1. The van der Waals surface area contributed by atoms with Gasteiger partial charge in [0, 0.05) is 19.1 Å². The zero-order valence-electron chi connectivity index (χ0n) is 13.8. The number of carboxylic acids is 1. The predicted molar refractivity (Wildman–Crippen MR) is 83.3 cm³/mol. The monoisotopic (exact) mass is 324 g/mol. The summed E-state index contributed by atoms with van der Waals surface area (Å²) < 4.78 is 10.6. The van der Waals surface area contributed by atoms with Crippen molar-refractivity contribution in [3.8, 4) is 0 Å². The highest BCUT2D eigenvalue weighted by Gasteiger charge is 2.31. The Balaban J connectivity index is 1.82. The Hall–Kier alpha value is -2.02. The van der Waals surface area contributed by atoms with Crippen molar-refractivity contribution in [3.05, 3.63) is 23.7 Å². The number of nitrogens with one attached hydrogen (secondary N) is 1. The molecule has 2 N–H and O–H groups in total. The Morgan fingerprint density at radius 3 is 2.78 bits per heavy atom. The molecule has 0 aromatic carbocycles. The van der Waals surface area contributed by atoms with Crippen molar-refractivity contribution >= 4 is 12.1 Å². The van der Waals surface area contributed by atoms with Crippen LogP contribution in [0.15, 0.2) is 16.5 Å². The van der Waals surface area contributed by atoms with Gasteiger partial charge in [-0.1, -0.05) is 0 Å². The van der Waals surface area contributed by atoms with Gasteiger partial charge in [-0.3, -0.25) is 0 Å². The van der Waals surface area contributed by atoms with Crippen LogP contribution in [0.2, 0.25) is 0 Å². The Kier molecular flexibility index (Phi) is 5.30. The zero-order valence-corrected chi connectivity index (χ0v) is 13.8. The molecular weight excluding hydrogens is 300 g/mol. The number of nitrogens with zero attached hydrogens (tertiary/aromatic N) is 1. The van der Waals surface area contributed by atoms with E-state index >= 15 is 0 Å². The standard InChI is InChI=1S/C16H24N2O5/c1-16(2,3)23-15(21)18-8-4-5-11(18)9-17-10-12-6-7-13(22-12)14(19)20/h6-7,11,17H,4-5,8-10H2,1-3H3,(H,19,20). The number of hydrogen-bond donors (Lipinski definition) is 2.